The quantitative estimate of drug-likeness (QED) is 0.781. The van der Waals surface area contributed by atoms with Gasteiger partial charge in [-0.2, -0.15) is 4.31 Å². The molecule has 1 fully saturated rings. The lowest BCUT2D eigenvalue weighted by molar-refractivity contribution is 0.396. The summed E-state index contributed by atoms with van der Waals surface area (Å²) >= 11 is 5.58. The molecule has 0 N–H and O–H groups in total. The van der Waals surface area contributed by atoms with Gasteiger partial charge in [-0.25, -0.2) is 8.42 Å². The highest BCUT2D eigenvalue weighted by Crippen LogP contribution is 2.34. The van der Waals surface area contributed by atoms with E-state index in [1.165, 1.54) is 0 Å². The molecule has 1 aliphatic rings. The Morgan fingerprint density at radius 1 is 1.28 bits per heavy atom. The van der Waals surface area contributed by atoms with Gasteiger partial charge in [-0.3, -0.25) is 0 Å². The fraction of sp³-hybridized carbons (Fsp3) is 0.538. The first kappa shape index (κ1) is 13.8. The Hall–Kier alpha value is -0.580. The number of nitrogens with zero attached hydrogens (tertiary/aromatic N) is 1. The molecule has 1 unspecified atom stereocenters. The second kappa shape index (κ2) is 6.04. The Labute approximate surface area is 114 Å². The summed E-state index contributed by atoms with van der Waals surface area (Å²) in [6.07, 6.45) is 2.35. The molecule has 1 atom stereocenters. The predicted octanol–water partition coefficient (Wildman–Crippen LogP) is 2.78. The van der Waals surface area contributed by atoms with Crippen molar-refractivity contribution in [3.8, 4) is 0 Å². The SMILES string of the molecule is O=S(=O)(CCCCl)N1CCCC1c1ccccc1. The number of alkyl halides is 1. The lowest BCUT2D eigenvalue weighted by Crippen LogP contribution is -2.32. The highest BCUT2D eigenvalue weighted by molar-refractivity contribution is 7.89. The molecule has 5 heteroatoms. The van der Waals surface area contributed by atoms with Crippen molar-refractivity contribution in [3.63, 3.8) is 0 Å². The van der Waals surface area contributed by atoms with Crippen molar-refractivity contribution in [1.29, 1.82) is 0 Å². The summed E-state index contributed by atoms with van der Waals surface area (Å²) in [7, 11) is -3.17. The van der Waals surface area contributed by atoms with Gasteiger partial charge in [0, 0.05) is 18.5 Å². The molecule has 0 saturated carbocycles. The van der Waals surface area contributed by atoms with Crippen LogP contribution in [-0.4, -0.2) is 30.9 Å². The van der Waals surface area contributed by atoms with E-state index < -0.39 is 10.0 Å². The molecule has 100 valence electrons. The lowest BCUT2D eigenvalue weighted by Gasteiger charge is -2.24. The van der Waals surface area contributed by atoms with E-state index >= 15 is 0 Å². The van der Waals surface area contributed by atoms with Gasteiger partial charge in [-0.05, 0) is 24.8 Å². The maximum atomic E-state index is 12.2. The van der Waals surface area contributed by atoms with Crippen molar-refractivity contribution < 1.29 is 8.42 Å². The zero-order valence-electron chi connectivity index (χ0n) is 10.3. The summed E-state index contributed by atoms with van der Waals surface area (Å²) in [5, 5.41) is 0. The van der Waals surface area contributed by atoms with E-state index in [0.29, 0.717) is 18.8 Å². The normalized spacial score (nSPS) is 21.3. The Balaban J connectivity index is 2.18. The van der Waals surface area contributed by atoms with Crippen molar-refractivity contribution in [2.45, 2.75) is 25.3 Å². The van der Waals surface area contributed by atoms with Crippen molar-refractivity contribution in [3.05, 3.63) is 35.9 Å². The topological polar surface area (TPSA) is 37.4 Å². The van der Waals surface area contributed by atoms with Crippen LogP contribution in [0.2, 0.25) is 0 Å². The molecule has 1 aromatic carbocycles. The van der Waals surface area contributed by atoms with Crippen LogP contribution in [0.4, 0.5) is 0 Å². The van der Waals surface area contributed by atoms with Gasteiger partial charge in [0.05, 0.1) is 5.75 Å². The second-order valence-corrected chi connectivity index (χ2v) is 6.96. The predicted molar refractivity (Wildman–Crippen MR) is 74.2 cm³/mol. The first-order valence-corrected chi connectivity index (χ1v) is 8.40. The van der Waals surface area contributed by atoms with Gasteiger partial charge in [0.1, 0.15) is 0 Å². The van der Waals surface area contributed by atoms with Crippen LogP contribution >= 0.6 is 11.6 Å². The molecule has 18 heavy (non-hydrogen) atoms. The molecule has 0 radical (unpaired) electrons. The van der Waals surface area contributed by atoms with Gasteiger partial charge in [-0.1, -0.05) is 30.3 Å². The summed E-state index contributed by atoms with van der Waals surface area (Å²) in [6, 6.07) is 9.87. The van der Waals surface area contributed by atoms with E-state index in [2.05, 4.69) is 0 Å². The van der Waals surface area contributed by atoms with Crippen molar-refractivity contribution in [2.75, 3.05) is 18.2 Å². The molecule has 0 spiro atoms. The molecule has 1 aromatic rings. The number of hydrogen-bond acceptors (Lipinski definition) is 2. The van der Waals surface area contributed by atoms with Crippen LogP contribution in [-0.2, 0) is 10.0 Å². The Kier molecular flexibility index (Phi) is 4.65. The summed E-state index contributed by atoms with van der Waals surface area (Å²) < 4.78 is 26.1. The summed E-state index contributed by atoms with van der Waals surface area (Å²) in [4.78, 5) is 0. The molecule has 0 amide bonds. The fourth-order valence-corrected chi connectivity index (χ4v) is 4.49. The second-order valence-electron chi connectivity index (χ2n) is 4.54. The van der Waals surface area contributed by atoms with E-state index in [1.54, 1.807) is 4.31 Å². The third-order valence-corrected chi connectivity index (χ3v) is 5.50. The molecule has 0 bridgehead atoms. The van der Waals surface area contributed by atoms with E-state index in [0.717, 1.165) is 18.4 Å². The molecule has 3 nitrogen and oxygen atoms in total. The van der Waals surface area contributed by atoms with Crippen LogP contribution in [0.15, 0.2) is 30.3 Å². The van der Waals surface area contributed by atoms with Crippen LogP contribution in [0, 0.1) is 0 Å². The lowest BCUT2D eigenvalue weighted by atomic mass is 10.1. The number of rotatable bonds is 5. The monoisotopic (exact) mass is 287 g/mol. The maximum absolute atomic E-state index is 12.2. The minimum Gasteiger partial charge on any atom is -0.212 e. The largest absolute Gasteiger partial charge is 0.214 e. The molecule has 1 saturated heterocycles. The molecule has 1 aliphatic heterocycles. The first-order valence-electron chi connectivity index (χ1n) is 6.25. The van der Waals surface area contributed by atoms with Gasteiger partial charge >= 0.3 is 0 Å². The molecular weight excluding hydrogens is 270 g/mol. The van der Waals surface area contributed by atoms with Crippen LogP contribution in [0.5, 0.6) is 0 Å². The summed E-state index contributed by atoms with van der Waals surface area (Å²) in [5.74, 6) is 0.545. The molecule has 2 rings (SSSR count). The highest BCUT2D eigenvalue weighted by Gasteiger charge is 2.34. The van der Waals surface area contributed by atoms with Crippen LogP contribution in [0.25, 0.3) is 0 Å². The zero-order chi connectivity index (χ0) is 13.0. The molecule has 0 aromatic heterocycles. The number of benzene rings is 1. The highest BCUT2D eigenvalue weighted by atomic mass is 35.5. The van der Waals surface area contributed by atoms with Crippen molar-refractivity contribution in [1.82, 2.24) is 4.31 Å². The molecule has 0 aliphatic carbocycles. The Morgan fingerprint density at radius 3 is 2.67 bits per heavy atom. The number of hydrogen-bond donors (Lipinski definition) is 0. The Morgan fingerprint density at radius 2 is 2.00 bits per heavy atom. The van der Waals surface area contributed by atoms with Crippen LogP contribution in [0.1, 0.15) is 30.9 Å². The molecule has 1 heterocycles. The zero-order valence-corrected chi connectivity index (χ0v) is 11.8. The van der Waals surface area contributed by atoms with E-state index in [9.17, 15) is 8.42 Å². The first-order chi connectivity index (χ1) is 8.65. The van der Waals surface area contributed by atoms with Gasteiger partial charge < -0.3 is 0 Å². The molecular formula is C13H18ClNO2S. The third-order valence-electron chi connectivity index (χ3n) is 3.28. The minimum atomic E-state index is -3.17. The van der Waals surface area contributed by atoms with Gasteiger partial charge in [0.15, 0.2) is 0 Å². The van der Waals surface area contributed by atoms with E-state index in [1.807, 2.05) is 30.3 Å². The minimum absolute atomic E-state index is 0.00604. The van der Waals surface area contributed by atoms with Crippen molar-refractivity contribution in [2.24, 2.45) is 0 Å². The average Bonchev–Trinajstić information content (AvgIpc) is 2.87. The standard InChI is InChI=1S/C13H18ClNO2S/c14-9-5-11-18(16,17)15-10-4-8-13(15)12-6-2-1-3-7-12/h1-3,6-7,13H,4-5,8-11H2. The maximum Gasteiger partial charge on any atom is 0.214 e. The number of halogens is 1. The van der Waals surface area contributed by atoms with Crippen LogP contribution < -0.4 is 0 Å². The Bertz CT molecular complexity index is 475. The van der Waals surface area contributed by atoms with Gasteiger partial charge in [-0.15, -0.1) is 11.6 Å². The third kappa shape index (κ3) is 3.05. The van der Waals surface area contributed by atoms with E-state index in [-0.39, 0.29) is 11.8 Å². The van der Waals surface area contributed by atoms with E-state index in [4.69, 9.17) is 11.6 Å². The summed E-state index contributed by atoms with van der Waals surface area (Å²) in [5.41, 5.74) is 1.09. The smallest absolute Gasteiger partial charge is 0.212 e. The van der Waals surface area contributed by atoms with Crippen LogP contribution in [0.3, 0.4) is 0 Å². The number of sulfonamides is 1. The average molecular weight is 288 g/mol. The van der Waals surface area contributed by atoms with Gasteiger partial charge in [0.25, 0.3) is 0 Å². The summed E-state index contributed by atoms with van der Waals surface area (Å²) in [6.45, 7) is 0.629. The van der Waals surface area contributed by atoms with Crippen molar-refractivity contribution >= 4 is 21.6 Å². The fourth-order valence-electron chi connectivity index (χ4n) is 2.44. The van der Waals surface area contributed by atoms with Gasteiger partial charge in [0.2, 0.25) is 10.0 Å².